The van der Waals surface area contributed by atoms with E-state index in [0.717, 1.165) is 5.56 Å². The lowest BCUT2D eigenvalue weighted by molar-refractivity contribution is 0.297. The first-order valence-corrected chi connectivity index (χ1v) is 6.68. The Morgan fingerprint density at radius 3 is 2.59 bits per heavy atom. The van der Waals surface area contributed by atoms with E-state index < -0.39 is 0 Å². The van der Waals surface area contributed by atoms with Crippen molar-refractivity contribution in [3.05, 3.63) is 41.5 Å². The smallest absolute Gasteiger partial charge is 0.166 e. The third-order valence-corrected chi connectivity index (χ3v) is 2.67. The second kappa shape index (κ2) is 8.90. The number of nitriles is 2. The van der Waals surface area contributed by atoms with Crippen molar-refractivity contribution >= 4 is 6.08 Å². The second-order valence-electron chi connectivity index (χ2n) is 4.21. The molecule has 22 heavy (non-hydrogen) atoms. The molecule has 0 atom stereocenters. The number of nitrogens with zero attached hydrogens (tertiary/aromatic N) is 2. The average molecular weight is 292 g/mol. The number of allylic oxidation sites excluding steroid dienone is 2. The second-order valence-corrected chi connectivity index (χ2v) is 4.21. The number of benzene rings is 1. The van der Waals surface area contributed by atoms with Gasteiger partial charge in [-0.15, -0.1) is 13.0 Å². The van der Waals surface area contributed by atoms with Crippen LogP contribution in [0.15, 0.2) is 30.4 Å². The molecule has 0 saturated heterocycles. The molecule has 0 unspecified atom stereocenters. The molecule has 0 heterocycles. The molecular weight excluding hydrogens is 276 g/mol. The summed E-state index contributed by atoms with van der Waals surface area (Å²) in [5.41, 5.74) is 1.54. The average Bonchev–Trinajstić information content (AvgIpc) is 2.52. The summed E-state index contributed by atoms with van der Waals surface area (Å²) in [4.78, 5) is 0. The maximum atomic E-state index is 8.87. The third-order valence-electron chi connectivity index (χ3n) is 2.67. The summed E-state index contributed by atoms with van der Waals surface area (Å²) in [6.45, 7) is 6.16. The van der Waals surface area contributed by atoms with Crippen LogP contribution in [-0.2, 0) is 6.42 Å². The SMILES string of the molecule is C#CCOc1c(CC=C)cc(C=C(C#N)C#N)cc1OCC. The fraction of sp³-hybridized carbons (Fsp3) is 0.222. The lowest BCUT2D eigenvalue weighted by Gasteiger charge is -2.15. The highest BCUT2D eigenvalue weighted by Gasteiger charge is 2.13. The van der Waals surface area contributed by atoms with Crippen LogP contribution in [0.4, 0.5) is 0 Å². The van der Waals surface area contributed by atoms with Crippen LogP contribution in [0, 0.1) is 35.0 Å². The maximum absolute atomic E-state index is 8.87. The van der Waals surface area contributed by atoms with E-state index in [0.29, 0.717) is 30.1 Å². The Morgan fingerprint density at radius 2 is 2.05 bits per heavy atom. The first kappa shape index (κ1) is 16.9. The molecule has 0 bridgehead atoms. The summed E-state index contributed by atoms with van der Waals surface area (Å²) in [7, 11) is 0. The third kappa shape index (κ3) is 4.44. The zero-order chi connectivity index (χ0) is 16.4. The Balaban J connectivity index is 3.43. The fourth-order valence-corrected chi connectivity index (χ4v) is 1.87. The van der Waals surface area contributed by atoms with E-state index in [1.165, 1.54) is 6.08 Å². The Morgan fingerprint density at radius 1 is 1.32 bits per heavy atom. The molecule has 0 N–H and O–H groups in total. The van der Waals surface area contributed by atoms with Crippen LogP contribution >= 0.6 is 0 Å². The minimum absolute atomic E-state index is 0.0179. The summed E-state index contributed by atoms with van der Waals surface area (Å²) in [6, 6.07) is 7.21. The van der Waals surface area contributed by atoms with E-state index >= 15 is 0 Å². The highest BCUT2D eigenvalue weighted by Crippen LogP contribution is 2.34. The Bertz CT molecular complexity index is 682. The summed E-state index contributed by atoms with van der Waals surface area (Å²) >= 11 is 0. The van der Waals surface area contributed by atoms with Gasteiger partial charge in [0.1, 0.15) is 24.3 Å². The van der Waals surface area contributed by atoms with E-state index in [2.05, 4.69) is 12.5 Å². The van der Waals surface area contributed by atoms with Gasteiger partial charge >= 0.3 is 0 Å². The quantitative estimate of drug-likeness (QED) is 0.439. The van der Waals surface area contributed by atoms with Crippen LogP contribution in [0.25, 0.3) is 6.08 Å². The summed E-state index contributed by atoms with van der Waals surface area (Å²) in [5.74, 6) is 3.51. The van der Waals surface area contributed by atoms with Crippen LogP contribution in [0.3, 0.4) is 0 Å². The zero-order valence-corrected chi connectivity index (χ0v) is 12.4. The van der Waals surface area contributed by atoms with Crippen molar-refractivity contribution in [3.63, 3.8) is 0 Å². The molecule has 1 aromatic carbocycles. The Hall–Kier alpha value is -3.16. The van der Waals surface area contributed by atoms with E-state index in [9.17, 15) is 0 Å². The lowest BCUT2D eigenvalue weighted by atomic mass is 10.0. The minimum atomic E-state index is 0.0179. The predicted octanol–water partition coefficient (Wildman–Crippen LogP) is 3.26. The molecule has 0 aliphatic heterocycles. The topological polar surface area (TPSA) is 66.0 Å². The van der Waals surface area contributed by atoms with Crippen LogP contribution < -0.4 is 9.47 Å². The van der Waals surface area contributed by atoms with Crippen LogP contribution in [-0.4, -0.2) is 13.2 Å². The number of hydrogen-bond acceptors (Lipinski definition) is 4. The number of terminal acetylenes is 1. The van der Waals surface area contributed by atoms with Gasteiger partial charge in [0.25, 0.3) is 0 Å². The van der Waals surface area contributed by atoms with E-state index in [1.807, 2.05) is 25.1 Å². The molecule has 1 rings (SSSR count). The lowest BCUT2D eigenvalue weighted by Crippen LogP contribution is -2.03. The van der Waals surface area contributed by atoms with E-state index in [1.54, 1.807) is 12.1 Å². The highest BCUT2D eigenvalue weighted by molar-refractivity contribution is 5.66. The normalized spacial score (nSPS) is 8.82. The molecule has 0 saturated carbocycles. The van der Waals surface area contributed by atoms with Crippen molar-refractivity contribution in [2.75, 3.05) is 13.2 Å². The number of hydrogen-bond donors (Lipinski definition) is 0. The molecule has 110 valence electrons. The van der Waals surface area contributed by atoms with Gasteiger partial charge in [0.05, 0.1) is 6.61 Å². The van der Waals surface area contributed by atoms with Crippen molar-refractivity contribution in [2.45, 2.75) is 13.3 Å². The molecule has 1 aromatic rings. The fourth-order valence-electron chi connectivity index (χ4n) is 1.87. The molecule has 4 heteroatoms. The minimum Gasteiger partial charge on any atom is -0.490 e. The summed E-state index contributed by atoms with van der Waals surface area (Å²) in [5, 5.41) is 17.7. The highest BCUT2D eigenvalue weighted by atomic mass is 16.5. The van der Waals surface area contributed by atoms with Crippen molar-refractivity contribution in [2.24, 2.45) is 0 Å². The van der Waals surface area contributed by atoms with Gasteiger partial charge in [-0.25, -0.2) is 0 Å². The summed E-state index contributed by atoms with van der Waals surface area (Å²) < 4.78 is 11.2. The predicted molar refractivity (Wildman–Crippen MR) is 85.0 cm³/mol. The van der Waals surface area contributed by atoms with Crippen molar-refractivity contribution in [3.8, 4) is 36.0 Å². The van der Waals surface area contributed by atoms with Gasteiger partial charge in [0.2, 0.25) is 0 Å². The number of ether oxygens (including phenoxy) is 2. The number of rotatable bonds is 7. The van der Waals surface area contributed by atoms with Gasteiger partial charge in [-0.2, -0.15) is 10.5 Å². The van der Waals surface area contributed by atoms with E-state index in [4.69, 9.17) is 26.4 Å². The van der Waals surface area contributed by atoms with Crippen molar-refractivity contribution in [1.82, 2.24) is 0 Å². The molecule has 0 radical (unpaired) electrons. The van der Waals surface area contributed by atoms with Gasteiger partial charge < -0.3 is 9.47 Å². The van der Waals surface area contributed by atoms with Gasteiger partial charge in [-0.05, 0) is 37.1 Å². The van der Waals surface area contributed by atoms with E-state index in [-0.39, 0.29) is 12.2 Å². The Labute approximate surface area is 130 Å². The first-order chi connectivity index (χ1) is 10.7. The summed E-state index contributed by atoms with van der Waals surface area (Å²) in [6.07, 6.45) is 9.02. The molecule has 0 fully saturated rings. The van der Waals surface area contributed by atoms with Gasteiger partial charge in [0, 0.05) is 5.56 Å². The maximum Gasteiger partial charge on any atom is 0.166 e. The Kier molecular flexibility index (Phi) is 6.84. The molecule has 0 aliphatic carbocycles. The largest absolute Gasteiger partial charge is 0.490 e. The van der Waals surface area contributed by atoms with Crippen molar-refractivity contribution < 1.29 is 9.47 Å². The monoisotopic (exact) mass is 292 g/mol. The van der Waals surface area contributed by atoms with Gasteiger partial charge in [-0.3, -0.25) is 0 Å². The molecule has 0 aliphatic rings. The standard InChI is InChI=1S/C18H16N2O2/c1-4-7-16-10-14(9-15(12-19)13-20)11-17(21-6-3)18(16)22-8-5-2/h2,4,9-11H,1,6-8H2,3H3. The van der Waals surface area contributed by atoms with Crippen LogP contribution in [0.5, 0.6) is 11.5 Å². The molecule has 0 spiro atoms. The van der Waals surface area contributed by atoms with Gasteiger partial charge in [0.15, 0.2) is 11.5 Å². The van der Waals surface area contributed by atoms with Crippen LogP contribution in [0.2, 0.25) is 0 Å². The zero-order valence-electron chi connectivity index (χ0n) is 12.4. The molecule has 0 amide bonds. The first-order valence-electron chi connectivity index (χ1n) is 6.68. The van der Waals surface area contributed by atoms with Crippen molar-refractivity contribution in [1.29, 1.82) is 10.5 Å². The molecular formula is C18H16N2O2. The molecule has 4 nitrogen and oxygen atoms in total. The van der Waals surface area contributed by atoms with Crippen LogP contribution in [0.1, 0.15) is 18.1 Å². The van der Waals surface area contributed by atoms with Gasteiger partial charge in [-0.1, -0.05) is 12.0 Å². The molecule has 0 aromatic heterocycles.